The highest BCUT2D eigenvalue weighted by molar-refractivity contribution is 7.92. The number of hydrogen-bond acceptors (Lipinski definition) is 7. The number of nitrogens with one attached hydrogen (secondary N) is 4. The van der Waals surface area contributed by atoms with Crippen LogP contribution >= 0.6 is 11.6 Å². The number of anilines is 3. The van der Waals surface area contributed by atoms with Crippen molar-refractivity contribution in [1.29, 1.82) is 0 Å². The van der Waals surface area contributed by atoms with Crippen LogP contribution in [0.15, 0.2) is 67.0 Å². The van der Waals surface area contributed by atoms with Gasteiger partial charge in [-0.05, 0) is 86.1 Å². The molecule has 1 saturated heterocycles. The number of aromatic nitrogens is 1. The second kappa shape index (κ2) is 12.2. The van der Waals surface area contributed by atoms with Crippen LogP contribution in [0.4, 0.5) is 21.9 Å². The number of sulfonamides is 1. The lowest BCUT2D eigenvalue weighted by Gasteiger charge is -2.30. The zero-order valence-electron chi connectivity index (χ0n) is 20.6. The summed E-state index contributed by atoms with van der Waals surface area (Å²) in [6, 6.07) is 14.3. The average molecular weight is 558 g/mol. The van der Waals surface area contributed by atoms with Crippen molar-refractivity contribution in [2.75, 3.05) is 34.7 Å². The molecule has 0 spiro atoms. The van der Waals surface area contributed by atoms with Crippen LogP contribution in [0.3, 0.4) is 0 Å². The van der Waals surface area contributed by atoms with Crippen molar-refractivity contribution >= 4 is 50.7 Å². The summed E-state index contributed by atoms with van der Waals surface area (Å²) in [6.07, 6.45) is 4.72. The third-order valence-corrected chi connectivity index (χ3v) is 6.85. The molecule has 4 rings (SSSR count). The van der Waals surface area contributed by atoms with Crippen LogP contribution in [0.25, 0.3) is 0 Å². The SMILES string of the molecule is CS(=O)(=O)Nc1ccc(NC(=O)c2ccc(Cl)cc2)c(NC(=O)OC(c2ccncc2)C2CCNCC2)c1. The Morgan fingerprint density at radius 2 is 1.68 bits per heavy atom. The Morgan fingerprint density at radius 3 is 2.34 bits per heavy atom. The van der Waals surface area contributed by atoms with Crippen LogP contribution in [0.2, 0.25) is 5.02 Å². The van der Waals surface area contributed by atoms with E-state index in [9.17, 15) is 18.0 Å². The molecule has 2 heterocycles. The van der Waals surface area contributed by atoms with E-state index >= 15 is 0 Å². The molecule has 4 N–H and O–H groups in total. The molecule has 200 valence electrons. The van der Waals surface area contributed by atoms with Crippen LogP contribution in [-0.2, 0) is 14.8 Å². The van der Waals surface area contributed by atoms with E-state index < -0.39 is 28.1 Å². The molecule has 0 radical (unpaired) electrons. The van der Waals surface area contributed by atoms with Gasteiger partial charge in [0.05, 0.1) is 23.3 Å². The summed E-state index contributed by atoms with van der Waals surface area (Å²) in [5.74, 6) is -0.335. The van der Waals surface area contributed by atoms with E-state index in [4.69, 9.17) is 16.3 Å². The second-order valence-electron chi connectivity index (χ2n) is 8.91. The first kappa shape index (κ1) is 27.4. The standard InChI is InChI=1S/C26H28ClN5O5S/c1-38(35,36)32-21-6-7-22(30-25(33)19-2-4-20(27)5-3-19)23(16-21)31-26(34)37-24(17-8-12-28-13-9-17)18-10-14-29-15-11-18/h2-9,12-13,16,18,24,29,32H,10-11,14-15H2,1H3,(H,30,33)(H,31,34). The van der Waals surface area contributed by atoms with Crippen LogP contribution in [0, 0.1) is 5.92 Å². The first-order chi connectivity index (χ1) is 18.2. The summed E-state index contributed by atoms with van der Waals surface area (Å²) in [5.41, 5.74) is 1.79. The second-order valence-corrected chi connectivity index (χ2v) is 11.1. The number of ether oxygens (including phenoxy) is 1. The Hall–Kier alpha value is -3.67. The number of hydrogen-bond donors (Lipinski definition) is 4. The van der Waals surface area contributed by atoms with Crippen LogP contribution in [0.1, 0.15) is 34.9 Å². The van der Waals surface area contributed by atoms with Gasteiger partial charge >= 0.3 is 6.09 Å². The summed E-state index contributed by atoms with van der Waals surface area (Å²) in [4.78, 5) is 30.0. The Labute approximate surface area is 226 Å². The van der Waals surface area contributed by atoms with E-state index in [-0.39, 0.29) is 23.0 Å². The Kier molecular flexibility index (Phi) is 8.82. The number of amides is 2. The number of nitrogens with zero attached hydrogens (tertiary/aromatic N) is 1. The van der Waals surface area contributed by atoms with Crippen molar-refractivity contribution < 1.29 is 22.7 Å². The molecular weight excluding hydrogens is 530 g/mol. The molecule has 0 bridgehead atoms. The first-order valence-electron chi connectivity index (χ1n) is 11.9. The van der Waals surface area contributed by atoms with Crippen LogP contribution in [-0.4, -0.2) is 44.7 Å². The van der Waals surface area contributed by atoms with Gasteiger partial charge in [0.25, 0.3) is 5.91 Å². The Morgan fingerprint density at radius 1 is 1.00 bits per heavy atom. The van der Waals surface area contributed by atoms with Gasteiger partial charge in [-0.1, -0.05) is 11.6 Å². The molecule has 12 heteroatoms. The van der Waals surface area contributed by atoms with Gasteiger partial charge in [0.1, 0.15) is 6.10 Å². The molecule has 10 nitrogen and oxygen atoms in total. The largest absolute Gasteiger partial charge is 0.441 e. The fourth-order valence-corrected chi connectivity index (χ4v) is 4.90. The lowest BCUT2D eigenvalue weighted by molar-refractivity contribution is 0.0591. The molecule has 1 aromatic heterocycles. The molecule has 3 aromatic rings. The van der Waals surface area contributed by atoms with E-state index in [1.54, 1.807) is 36.7 Å². The third-order valence-electron chi connectivity index (χ3n) is 5.99. The summed E-state index contributed by atoms with van der Waals surface area (Å²) in [5, 5.41) is 9.22. The summed E-state index contributed by atoms with van der Waals surface area (Å²) in [7, 11) is -3.58. The third kappa shape index (κ3) is 7.67. The average Bonchev–Trinajstić information content (AvgIpc) is 2.89. The quantitative estimate of drug-likeness (QED) is 0.316. The van der Waals surface area contributed by atoms with Crippen molar-refractivity contribution in [2.45, 2.75) is 18.9 Å². The summed E-state index contributed by atoms with van der Waals surface area (Å²) >= 11 is 5.91. The molecule has 0 saturated carbocycles. The van der Waals surface area contributed by atoms with Gasteiger partial charge in [-0.25, -0.2) is 13.2 Å². The number of benzene rings is 2. The number of carbonyl (C=O) groups excluding carboxylic acids is 2. The molecule has 1 atom stereocenters. The smallest absolute Gasteiger partial charge is 0.412 e. The maximum atomic E-state index is 13.2. The highest BCUT2D eigenvalue weighted by Gasteiger charge is 2.29. The van der Waals surface area contributed by atoms with E-state index in [1.165, 1.54) is 18.2 Å². The lowest BCUT2D eigenvalue weighted by atomic mass is 9.88. The normalized spacial score (nSPS) is 14.8. The Bertz CT molecular complexity index is 1380. The highest BCUT2D eigenvalue weighted by Crippen LogP contribution is 2.33. The van der Waals surface area contributed by atoms with Crippen molar-refractivity contribution in [3.05, 3.63) is 83.1 Å². The number of pyridine rings is 1. The molecule has 2 aromatic carbocycles. The molecule has 1 aliphatic rings. The number of halogens is 1. The van der Waals surface area contributed by atoms with Crippen molar-refractivity contribution in [3.8, 4) is 0 Å². The predicted molar refractivity (Wildman–Crippen MR) is 147 cm³/mol. The van der Waals surface area contributed by atoms with E-state index in [1.807, 2.05) is 12.1 Å². The van der Waals surface area contributed by atoms with Gasteiger partial charge in [0.15, 0.2) is 0 Å². The summed E-state index contributed by atoms with van der Waals surface area (Å²) < 4.78 is 31.8. The minimum atomic E-state index is -3.58. The Balaban J connectivity index is 1.58. The molecule has 2 amide bonds. The lowest BCUT2D eigenvalue weighted by Crippen LogP contribution is -2.33. The molecule has 1 aliphatic heterocycles. The predicted octanol–water partition coefficient (Wildman–Crippen LogP) is 4.65. The van der Waals surface area contributed by atoms with Gasteiger partial charge in [-0.3, -0.25) is 19.8 Å². The maximum absolute atomic E-state index is 13.2. The molecule has 38 heavy (non-hydrogen) atoms. The first-order valence-corrected chi connectivity index (χ1v) is 14.2. The summed E-state index contributed by atoms with van der Waals surface area (Å²) in [6.45, 7) is 1.63. The molecule has 0 aliphatic carbocycles. The van der Waals surface area contributed by atoms with Crippen molar-refractivity contribution in [2.24, 2.45) is 5.92 Å². The van der Waals surface area contributed by atoms with E-state index in [0.29, 0.717) is 10.6 Å². The number of rotatable bonds is 8. The van der Waals surface area contributed by atoms with Crippen molar-refractivity contribution in [1.82, 2.24) is 10.3 Å². The fourth-order valence-electron chi connectivity index (χ4n) is 4.22. The van der Waals surface area contributed by atoms with Gasteiger partial charge in [-0.2, -0.15) is 0 Å². The minimum Gasteiger partial charge on any atom is -0.441 e. The zero-order valence-corrected chi connectivity index (χ0v) is 22.2. The zero-order chi connectivity index (χ0) is 27.1. The minimum absolute atomic E-state index is 0.103. The van der Waals surface area contributed by atoms with Crippen molar-refractivity contribution in [3.63, 3.8) is 0 Å². The van der Waals surface area contributed by atoms with Gasteiger partial charge in [0, 0.05) is 28.9 Å². The van der Waals surface area contributed by atoms with Crippen LogP contribution < -0.4 is 20.7 Å². The maximum Gasteiger partial charge on any atom is 0.412 e. The van der Waals surface area contributed by atoms with Gasteiger partial charge in [0.2, 0.25) is 10.0 Å². The molecule has 1 unspecified atom stereocenters. The van der Waals surface area contributed by atoms with E-state index in [2.05, 4.69) is 25.7 Å². The molecule has 1 fully saturated rings. The van der Waals surface area contributed by atoms with Gasteiger partial charge in [-0.15, -0.1) is 0 Å². The topological polar surface area (TPSA) is 139 Å². The van der Waals surface area contributed by atoms with E-state index in [0.717, 1.165) is 37.8 Å². The highest BCUT2D eigenvalue weighted by atomic mass is 35.5. The number of carbonyl (C=O) groups is 2. The van der Waals surface area contributed by atoms with Crippen LogP contribution in [0.5, 0.6) is 0 Å². The fraction of sp³-hybridized carbons (Fsp3) is 0.269. The van der Waals surface area contributed by atoms with Gasteiger partial charge < -0.3 is 15.4 Å². The monoisotopic (exact) mass is 557 g/mol. The number of piperidine rings is 1. The molecular formula is C26H28ClN5O5S.